The molecule has 0 atom stereocenters. The first-order chi connectivity index (χ1) is 18.5. The number of carbonyl (C=O) groups is 2. The topological polar surface area (TPSA) is 111 Å². The van der Waals surface area contributed by atoms with Crippen molar-refractivity contribution in [1.82, 2.24) is 10.3 Å². The van der Waals surface area contributed by atoms with Crippen LogP contribution in [-0.4, -0.2) is 28.8 Å². The average Bonchev–Trinajstić information content (AvgIpc) is 3.31. The number of carbonyl (C=O) groups excluding carboxylic acids is 1. The van der Waals surface area contributed by atoms with Crippen molar-refractivity contribution >= 4 is 12.1 Å². The maximum Gasteiger partial charge on any atom is 0.407 e. The molecule has 8 nitrogen and oxygen atoms in total. The predicted molar refractivity (Wildman–Crippen MR) is 142 cm³/mol. The molecule has 0 radical (unpaired) electrons. The summed E-state index contributed by atoms with van der Waals surface area (Å²) in [6.07, 6.45) is 0.291. The maximum atomic E-state index is 12.2. The highest BCUT2D eigenvalue weighted by Gasteiger charge is 2.13. The van der Waals surface area contributed by atoms with Crippen LogP contribution >= 0.6 is 0 Å². The number of hydrogen-bond donors (Lipinski definition) is 2. The number of aromatic nitrogens is 1. The molecule has 38 heavy (non-hydrogen) atoms. The Kier molecular flexibility index (Phi) is 9.12. The zero-order valence-electron chi connectivity index (χ0n) is 21.2. The molecule has 0 saturated heterocycles. The number of nitrogens with one attached hydrogen (secondary N) is 1. The van der Waals surface area contributed by atoms with E-state index in [4.69, 9.17) is 19.0 Å². The number of carboxylic acids is 1. The Bertz CT molecular complexity index is 1350. The molecule has 0 aliphatic rings. The SMILES string of the molecule is Cc1oc(-c2ccccc2)nc1CCOc1ccc(CCC(=O)O)c(COC(=O)NCc2ccccc2)c1. The summed E-state index contributed by atoms with van der Waals surface area (Å²) in [4.78, 5) is 27.9. The van der Waals surface area contributed by atoms with Gasteiger partial charge in [-0.25, -0.2) is 9.78 Å². The smallest absolute Gasteiger partial charge is 0.407 e. The number of rotatable bonds is 12. The monoisotopic (exact) mass is 514 g/mol. The van der Waals surface area contributed by atoms with Crippen LogP contribution in [0.2, 0.25) is 0 Å². The zero-order chi connectivity index (χ0) is 26.7. The number of aliphatic carboxylic acids is 1. The average molecular weight is 515 g/mol. The molecule has 4 aromatic rings. The number of aryl methyl sites for hydroxylation is 2. The van der Waals surface area contributed by atoms with Gasteiger partial charge >= 0.3 is 12.1 Å². The van der Waals surface area contributed by atoms with Gasteiger partial charge in [-0.3, -0.25) is 4.79 Å². The summed E-state index contributed by atoms with van der Waals surface area (Å²) in [6.45, 7) is 2.59. The Morgan fingerprint density at radius 3 is 2.42 bits per heavy atom. The van der Waals surface area contributed by atoms with Gasteiger partial charge < -0.3 is 24.3 Å². The minimum Gasteiger partial charge on any atom is -0.493 e. The molecule has 0 saturated carbocycles. The molecular weight excluding hydrogens is 484 g/mol. The molecular formula is C30H30N2O6. The lowest BCUT2D eigenvalue weighted by Gasteiger charge is -2.13. The van der Waals surface area contributed by atoms with E-state index in [9.17, 15) is 9.59 Å². The molecule has 3 aromatic carbocycles. The second kappa shape index (κ2) is 13.1. The molecule has 1 aromatic heterocycles. The highest BCUT2D eigenvalue weighted by molar-refractivity contribution is 5.68. The van der Waals surface area contributed by atoms with E-state index in [1.807, 2.05) is 73.7 Å². The van der Waals surface area contributed by atoms with Gasteiger partial charge in [0, 0.05) is 24.9 Å². The van der Waals surface area contributed by atoms with E-state index in [1.54, 1.807) is 12.1 Å². The Balaban J connectivity index is 1.35. The Labute approximate surface area is 221 Å². The van der Waals surface area contributed by atoms with E-state index in [-0.39, 0.29) is 13.0 Å². The molecule has 1 amide bonds. The van der Waals surface area contributed by atoms with Crippen molar-refractivity contribution in [2.24, 2.45) is 0 Å². The van der Waals surface area contributed by atoms with Crippen LogP contribution in [0.25, 0.3) is 11.5 Å². The van der Waals surface area contributed by atoms with Gasteiger partial charge in [0.25, 0.3) is 0 Å². The Hall–Kier alpha value is -4.59. The number of carboxylic acid groups (broad SMARTS) is 1. The summed E-state index contributed by atoms with van der Waals surface area (Å²) in [5.74, 6) is 1.02. The van der Waals surface area contributed by atoms with Crippen LogP contribution in [0.15, 0.2) is 83.3 Å². The van der Waals surface area contributed by atoms with Gasteiger partial charge in [0.15, 0.2) is 0 Å². The number of ether oxygens (including phenoxy) is 2. The quantitative estimate of drug-likeness (QED) is 0.249. The summed E-state index contributed by atoms with van der Waals surface area (Å²) >= 11 is 0. The largest absolute Gasteiger partial charge is 0.493 e. The van der Waals surface area contributed by atoms with Gasteiger partial charge in [-0.2, -0.15) is 0 Å². The van der Waals surface area contributed by atoms with Gasteiger partial charge in [0.05, 0.1) is 12.3 Å². The van der Waals surface area contributed by atoms with Crippen molar-refractivity contribution in [1.29, 1.82) is 0 Å². The number of nitrogens with zero attached hydrogens (tertiary/aromatic N) is 1. The van der Waals surface area contributed by atoms with E-state index in [0.29, 0.717) is 43.2 Å². The summed E-state index contributed by atoms with van der Waals surface area (Å²) in [6, 6.07) is 24.6. The molecule has 0 unspecified atom stereocenters. The number of amides is 1. The van der Waals surface area contributed by atoms with Crippen molar-refractivity contribution in [2.45, 2.75) is 39.3 Å². The minimum absolute atomic E-state index is 0.00436. The summed E-state index contributed by atoms with van der Waals surface area (Å²) in [5, 5.41) is 11.8. The van der Waals surface area contributed by atoms with Crippen molar-refractivity contribution in [3.63, 3.8) is 0 Å². The lowest BCUT2D eigenvalue weighted by atomic mass is 10.0. The summed E-state index contributed by atoms with van der Waals surface area (Å²) in [7, 11) is 0. The third kappa shape index (κ3) is 7.70. The summed E-state index contributed by atoms with van der Waals surface area (Å²) in [5.41, 5.74) is 4.18. The van der Waals surface area contributed by atoms with E-state index in [1.165, 1.54) is 0 Å². The minimum atomic E-state index is -0.893. The molecule has 0 spiro atoms. The number of benzene rings is 3. The molecule has 0 fully saturated rings. The van der Waals surface area contributed by atoms with Crippen LogP contribution in [0.1, 0.15) is 34.6 Å². The third-order valence-corrected chi connectivity index (χ3v) is 5.95. The second-order valence-electron chi connectivity index (χ2n) is 8.73. The fourth-order valence-electron chi connectivity index (χ4n) is 3.91. The second-order valence-corrected chi connectivity index (χ2v) is 8.73. The Morgan fingerprint density at radius 1 is 0.947 bits per heavy atom. The Morgan fingerprint density at radius 2 is 1.68 bits per heavy atom. The fraction of sp³-hybridized carbons (Fsp3) is 0.233. The van der Waals surface area contributed by atoms with Crippen molar-refractivity contribution in [3.8, 4) is 17.2 Å². The van der Waals surface area contributed by atoms with Gasteiger partial charge in [-0.1, -0.05) is 54.6 Å². The van der Waals surface area contributed by atoms with Crippen molar-refractivity contribution in [3.05, 3.63) is 107 Å². The predicted octanol–water partition coefficient (Wildman–Crippen LogP) is 5.72. The number of oxazole rings is 1. The van der Waals surface area contributed by atoms with E-state index in [2.05, 4.69) is 10.3 Å². The molecule has 0 aliphatic carbocycles. The first kappa shape index (κ1) is 26.5. The zero-order valence-corrected chi connectivity index (χ0v) is 21.2. The van der Waals surface area contributed by atoms with Gasteiger partial charge in [0.2, 0.25) is 5.89 Å². The fourth-order valence-corrected chi connectivity index (χ4v) is 3.91. The number of hydrogen-bond acceptors (Lipinski definition) is 6. The maximum absolute atomic E-state index is 12.2. The number of alkyl carbamates (subject to hydrolysis) is 1. The third-order valence-electron chi connectivity index (χ3n) is 5.95. The van der Waals surface area contributed by atoms with Crippen LogP contribution < -0.4 is 10.1 Å². The molecule has 196 valence electrons. The molecule has 2 N–H and O–H groups in total. The van der Waals surface area contributed by atoms with Gasteiger partial charge in [-0.05, 0) is 54.3 Å². The van der Waals surface area contributed by atoms with Crippen molar-refractivity contribution < 1.29 is 28.6 Å². The first-order valence-electron chi connectivity index (χ1n) is 12.4. The van der Waals surface area contributed by atoms with E-state index < -0.39 is 12.1 Å². The lowest BCUT2D eigenvalue weighted by molar-refractivity contribution is -0.136. The van der Waals surface area contributed by atoms with E-state index >= 15 is 0 Å². The van der Waals surface area contributed by atoms with Crippen LogP contribution in [0.4, 0.5) is 4.79 Å². The van der Waals surface area contributed by atoms with Crippen LogP contribution in [0.3, 0.4) is 0 Å². The molecule has 1 heterocycles. The lowest BCUT2D eigenvalue weighted by Crippen LogP contribution is -2.23. The highest BCUT2D eigenvalue weighted by atomic mass is 16.5. The molecule has 8 heteroatoms. The van der Waals surface area contributed by atoms with Crippen LogP contribution in [-0.2, 0) is 35.5 Å². The molecule has 0 aliphatic heterocycles. The van der Waals surface area contributed by atoms with Crippen LogP contribution in [0, 0.1) is 6.92 Å². The normalized spacial score (nSPS) is 10.7. The molecule has 0 bridgehead atoms. The summed E-state index contributed by atoms with van der Waals surface area (Å²) < 4.78 is 17.2. The van der Waals surface area contributed by atoms with E-state index in [0.717, 1.165) is 28.1 Å². The highest BCUT2D eigenvalue weighted by Crippen LogP contribution is 2.23. The standard InChI is InChI=1S/C30H30N2O6/c1-21-27(32-29(38-21)24-10-6-3-7-11-24)16-17-36-26-14-12-23(13-15-28(33)34)25(18-26)20-37-30(35)31-19-22-8-4-2-5-9-22/h2-12,14,18H,13,15-17,19-20H2,1H3,(H,31,35)(H,33,34). The van der Waals surface area contributed by atoms with Gasteiger partial charge in [0.1, 0.15) is 18.1 Å². The first-order valence-corrected chi connectivity index (χ1v) is 12.4. The molecule has 4 rings (SSSR count). The van der Waals surface area contributed by atoms with Crippen LogP contribution in [0.5, 0.6) is 5.75 Å². The van der Waals surface area contributed by atoms with Crippen molar-refractivity contribution in [2.75, 3.05) is 6.61 Å². The van der Waals surface area contributed by atoms with Gasteiger partial charge in [-0.15, -0.1) is 0 Å².